The van der Waals surface area contributed by atoms with E-state index in [1.54, 1.807) is 18.5 Å². The Hall–Kier alpha value is -1.51. The molecule has 8 heteroatoms. The van der Waals surface area contributed by atoms with Gasteiger partial charge in [-0.1, -0.05) is 6.07 Å². The minimum Gasteiger partial charge on any atom is -0.340 e. The van der Waals surface area contributed by atoms with Crippen molar-refractivity contribution in [3.05, 3.63) is 30.1 Å². The van der Waals surface area contributed by atoms with Crippen LogP contribution in [-0.2, 0) is 21.4 Å². The van der Waals surface area contributed by atoms with Gasteiger partial charge in [0.15, 0.2) is 0 Å². The van der Waals surface area contributed by atoms with E-state index >= 15 is 0 Å². The van der Waals surface area contributed by atoms with E-state index in [1.807, 2.05) is 18.0 Å². The van der Waals surface area contributed by atoms with Crippen LogP contribution in [0.25, 0.3) is 0 Å². The first-order valence-electron chi connectivity index (χ1n) is 7.66. The Morgan fingerprint density at radius 3 is 2.57 bits per heavy atom. The summed E-state index contributed by atoms with van der Waals surface area (Å²) in [5.41, 5.74) is 0.810. The van der Waals surface area contributed by atoms with E-state index in [4.69, 9.17) is 0 Å². The van der Waals surface area contributed by atoms with Crippen LogP contribution in [0, 0.1) is 0 Å². The lowest BCUT2D eigenvalue weighted by Gasteiger charge is -2.33. The summed E-state index contributed by atoms with van der Waals surface area (Å²) in [6, 6.07) is 3.60. The maximum atomic E-state index is 12.3. The number of hydrogen-bond acceptors (Lipinski definition) is 5. The first-order valence-corrected chi connectivity index (χ1v) is 9.51. The normalized spacial score (nSPS) is 16.7. The molecule has 1 fully saturated rings. The second-order valence-electron chi connectivity index (χ2n) is 5.89. The van der Waals surface area contributed by atoms with Gasteiger partial charge in [0.25, 0.3) is 0 Å². The van der Waals surface area contributed by atoms with E-state index in [0.717, 1.165) is 18.7 Å². The summed E-state index contributed by atoms with van der Waals surface area (Å²) in [4.78, 5) is 20.2. The first kappa shape index (κ1) is 17.8. The molecule has 1 aliphatic heterocycles. The molecular formula is C15H24N4O3S. The third-order valence-corrected chi connectivity index (χ3v) is 5.23. The molecule has 0 atom stereocenters. The fourth-order valence-electron chi connectivity index (χ4n) is 2.49. The SMILES string of the molecule is CN1CCN(C(=O)CCN(Cc2cccnc2)S(C)(=O)=O)CC1. The van der Waals surface area contributed by atoms with Gasteiger partial charge >= 0.3 is 0 Å². The number of sulfonamides is 1. The number of likely N-dealkylation sites (N-methyl/N-ethyl adjacent to an activating group) is 1. The second kappa shape index (κ2) is 7.85. The number of rotatable bonds is 6. The molecule has 0 bridgehead atoms. The van der Waals surface area contributed by atoms with E-state index in [2.05, 4.69) is 9.88 Å². The van der Waals surface area contributed by atoms with Crippen molar-refractivity contribution in [1.29, 1.82) is 0 Å². The number of carbonyl (C=O) groups excluding carboxylic acids is 1. The van der Waals surface area contributed by atoms with Crippen LogP contribution < -0.4 is 0 Å². The molecule has 1 saturated heterocycles. The Morgan fingerprint density at radius 2 is 2.00 bits per heavy atom. The fourth-order valence-corrected chi connectivity index (χ4v) is 3.30. The molecule has 128 valence electrons. The Balaban J connectivity index is 1.92. The van der Waals surface area contributed by atoms with Gasteiger partial charge in [0, 0.05) is 58.1 Å². The van der Waals surface area contributed by atoms with Crippen molar-refractivity contribution < 1.29 is 13.2 Å². The van der Waals surface area contributed by atoms with Crippen LogP contribution in [0.4, 0.5) is 0 Å². The molecule has 23 heavy (non-hydrogen) atoms. The smallest absolute Gasteiger partial charge is 0.223 e. The van der Waals surface area contributed by atoms with Crippen molar-refractivity contribution in [2.24, 2.45) is 0 Å². The van der Waals surface area contributed by atoms with Gasteiger partial charge in [-0.25, -0.2) is 8.42 Å². The molecule has 0 N–H and O–H groups in total. The zero-order valence-corrected chi connectivity index (χ0v) is 14.5. The van der Waals surface area contributed by atoms with Gasteiger partial charge < -0.3 is 9.80 Å². The highest BCUT2D eigenvalue weighted by Gasteiger charge is 2.22. The van der Waals surface area contributed by atoms with Gasteiger partial charge in [-0.05, 0) is 18.7 Å². The summed E-state index contributed by atoms with van der Waals surface area (Å²) in [5.74, 6) is 0.0120. The van der Waals surface area contributed by atoms with Crippen LogP contribution in [0.3, 0.4) is 0 Å². The predicted molar refractivity (Wildman–Crippen MR) is 88.2 cm³/mol. The van der Waals surface area contributed by atoms with Gasteiger partial charge in [-0.15, -0.1) is 0 Å². The van der Waals surface area contributed by atoms with Crippen molar-refractivity contribution in [2.45, 2.75) is 13.0 Å². The number of nitrogens with zero attached hydrogens (tertiary/aromatic N) is 4. The Morgan fingerprint density at radius 1 is 1.30 bits per heavy atom. The van der Waals surface area contributed by atoms with Crippen molar-refractivity contribution in [2.75, 3.05) is 46.0 Å². The molecule has 1 aliphatic rings. The summed E-state index contributed by atoms with van der Waals surface area (Å²) >= 11 is 0. The Bertz CT molecular complexity index is 613. The van der Waals surface area contributed by atoms with Crippen LogP contribution in [0.2, 0.25) is 0 Å². The summed E-state index contributed by atoms with van der Waals surface area (Å²) in [7, 11) is -1.34. The quantitative estimate of drug-likeness (QED) is 0.729. The van der Waals surface area contributed by atoms with E-state index in [-0.39, 0.29) is 25.4 Å². The second-order valence-corrected chi connectivity index (χ2v) is 7.87. The summed E-state index contributed by atoms with van der Waals surface area (Å²) in [6.45, 7) is 3.56. The molecule has 2 rings (SSSR count). The minimum atomic E-state index is -3.37. The molecule has 1 aromatic rings. The number of aromatic nitrogens is 1. The molecule has 7 nitrogen and oxygen atoms in total. The summed E-state index contributed by atoms with van der Waals surface area (Å²) in [5, 5.41) is 0. The third-order valence-electron chi connectivity index (χ3n) is 3.98. The maximum absolute atomic E-state index is 12.3. The fraction of sp³-hybridized carbons (Fsp3) is 0.600. The number of piperazine rings is 1. The van der Waals surface area contributed by atoms with Gasteiger partial charge in [0.1, 0.15) is 0 Å². The standard InChI is InChI=1S/C15H24N4O3S/c1-17-8-10-18(11-9-17)15(20)5-7-19(23(2,21)22)13-14-4-3-6-16-12-14/h3-4,6,12H,5,7-11,13H2,1-2H3. The molecule has 0 radical (unpaired) electrons. The lowest BCUT2D eigenvalue weighted by atomic mass is 10.2. The number of carbonyl (C=O) groups is 1. The summed E-state index contributed by atoms with van der Waals surface area (Å²) in [6.07, 6.45) is 4.66. The molecule has 0 saturated carbocycles. The highest BCUT2D eigenvalue weighted by molar-refractivity contribution is 7.88. The topological polar surface area (TPSA) is 73.8 Å². The van der Waals surface area contributed by atoms with Crippen LogP contribution in [-0.4, -0.2) is 79.4 Å². The van der Waals surface area contributed by atoms with Crippen LogP contribution in [0.1, 0.15) is 12.0 Å². The molecule has 0 spiro atoms. The van der Waals surface area contributed by atoms with Gasteiger partial charge in [-0.3, -0.25) is 9.78 Å². The number of amides is 1. The largest absolute Gasteiger partial charge is 0.340 e. The predicted octanol–water partition coefficient (Wildman–Crippen LogP) is 0.00730. The minimum absolute atomic E-state index is 0.0120. The van der Waals surface area contributed by atoms with Crippen LogP contribution in [0.5, 0.6) is 0 Å². The highest BCUT2D eigenvalue weighted by Crippen LogP contribution is 2.10. The highest BCUT2D eigenvalue weighted by atomic mass is 32.2. The van der Waals surface area contributed by atoms with Crippen molar-refractivity contribution >= 4 is 15.9 Å². The van der Waals surface area contributed by atoms with E-state index in [9.17, 15) is 13.2 Å². The third kappa shape index (κ3) is 5.56. The molecule has 1 amide bonds. The lowest BCUT2D eigenvalue weighted by Crippen LogP contribution is -2.47. The average Bonchev–Trinajstić information content (AvgIpc) is 2.51. The molecule has 2 heterocycles. The molecule has 0 unspecified atom stereocenters. The number of pyridine rings is 1. The Kier molecular flexibility index (Phi) is 6.09. The molecule has 1 aromatic heterocycles. The maximum Gasteiger partial charge on any atom is 0.223 e. The zero-order chi connectivity index (χ0) is 16.9. The average molecular weight is 340 g/mol. The van der Waals surface area contributed by atoms with Crippen molar-refractivity contribution in [1.82, 2.24) is 19.1 Å². The monoisotopic (exact) mass is 340 g/mol. The van der Waals surface area contributed by atoms with Gasteiger partial charge in [-0.2, -0.15) is 4.31 Å². The molecular weight excluding hydrogens is 316 g/mol. The number of hydrogen-bond donors (Lipinski definition) is 0. The van der Waals surface area contributed by atoms with Crippen molar-refractivity contribution in [3.8, 4) is 0 Å². The Labute approximate surface area is 137 Å². The van der Waals surface area contributed by atoms with Gasteiger partial charge in [0.05, 0.1) is 6.26 Å². The first-order chi connectivity index (χ1) is 10.9. The van der Waals surface area contributed by atoms with E-state index in [0.29, 0.717) is 13.1 Å². The van der Waals surface area contributed by atoms with Crippen LogP contribution >= 0.6 is 0 Å². The van der Waals surface area contributed by atoms with Crippen LogP contribution in [0.15, 0.2) is 24.5 Å². The van der Waals surface area contributed by atoms with Gasteiger partial charge in [0.2, 0.25) is 15.9 Å². The zero-order valence-electron chi connectivity index (χ0n) is 13.7. The molecule has 0 aliphatic carbocycles. The summed E-state index contributed by atoms with van der Waals surface area (Å²) < 4.78 is 25.2. The lowest BCUT2D eigenvalue weighted by molar-refractivity contribution is -0.132. The molecule has 0 aromatic carbocycles. The van der Waals surface area contributed by atoms with Crippen molar-refractivity contribution in [3.63, 3.8) is 0 Å². The van der Waals surface area contributed by atoms with E-state index in [1.165, 1.54) is 10.6 Å². The van der Waals surface area contributed by atoms with E-state index < -0.39 is 10.0 Å².